The number of amides is 3. The normalized spacial score (nSPS) is 22.8. The zero-order chi connectivity index (χ0) is 16.8. The van der Waals surface area contributed by atoms with Crippen LogP contribution in [0.1, 0.15) is 20.3 Å². The Labute approximate surface area is 135 Å². The fourth-order valence-electron chi connectivity index (χ4n) is 2.63. The van der Waals surface area contributed by atoms with E-state index in [1.807, 2.05) is 6.92 Å². The molecule has 7 nitrogen and oxygen atoms in total. The molecule has 1 aliphatic rings. The molecule has 0 unspecified atom stereocenters. The Morgan fingerprint density at radius 1 is 1.26 bits per heavy atom. The van der Waals surface area contributed by atoms with Crippen molar-refractivity contribution in [1.82, 2.24) is 5.32 Å². The Morgan fingerprint density at radius 2 is 1.96 bits per heavy atom. The number of methoxy groups -OCH3 is 1. The lowest BCUT2D eigenvalue weighted by Crippen LogP contribution is -2.61. The molecule has 0 radical (unpaired) electrons. The largest absolute Gasteiger partial charge is 0.377 e. The Bertz CT molecular complexity index is 564. The van der Waals surface area contributed by atoms with E-state index in [4.69, 9.17) is 9.47 Å². The van der Waals surface area contributed by atoms with Crippen LogP contribution in [-0.4, -0.2) is 43.9 Å². The summed E-state index contributed by atoms with van der Waals surface area (Å²) in [7, 11) is 1.61. The van der Waals surface area contributed by atoms with Crippen molar-refractivity contribution in [2.24, 2.45) is 0 Å². The molecule has 0 heterocycles. The molecule has 3 atom stereocenters. The Kier molecular flexibility index (Phi) is 5.95. The fraction of sp³-hybridized carbons (Fsp3) is 0.500. The molecule has 2 rings (SSSR count). The maximum atomic E-state index is 12.1. The zero-order valence-electron chi connectivity index (χ0n) is 13.6. The van der Waals surface area contributed by atoms with Gasteiger partial charge in [-0.2, -0.15) is 0 Å². The lowest BCUT2D eigenvalue weighted by molar-refractivity contribution is -0.128. The maximum Gasteiger partial charge on any atom is 0.319 e. The summed E-state index contributed by atoms with van der Waals surface area (Å²) in [6, 6.07) is 6.57. The van der Waals surface area contributed by atoms with Crippen molar-refractivity contribution in [3.8, 4) is 0 Å². The van der Waals surface area contributed by atoms with Gasteiger partial charge in [0.15, 0.2) is 0 Å². The third kappa shape index (κ3) is 4.67. The number of hydrogen-bond acceptors (Lipinski definition) is 4. The molecule has 1 fully saturated rings. The summed E-state index contributed by atoms with van der Waals surface area (Å²) < 4.78 is 10.9. The highest BCUT2D eigenvalue weighted by Crippen LogP contribution is 2.27. The third-order valence-electron chi connectivity index (χ3n) is 3.66. The van der Waals surface area contributed by atoms with Gasteiger partial charge in [-0.05, 0) is 31.5 Å². The van der Waals surface area contributed by atoms with E-state index in [-0.39, 0.29) is 30.2 Å². The van der Waals surface area contributed by atoms with Crippen LogP contribution in [0.4, 0.5) is 16.2 Å². The van der Waals surface area contributed by atoms with Gasteiger partial charge in [-0.25, -0.2) is 4.79 Å². The van der Waals surface area contributed by atoms with E-state index >= 15 is 0 Å². The zero-order valence-corrected chi connectivity index (χ0v) is 13.6. The SMILES string of the molecule is CCO[C@@H]1C[C@@H](NC(=O)Nc2cccc(NC(C)=O)c2)[C@H]1OC. The van der Waals surface area contributed by atoms with Gasteiger partial charge in [0.25, 0.3) is 0 Å². The van der Waals surface area contributed by atoms with Crippen molar-refractivity contribution in [3.63, 3.8) is 0 Å². The van der Waals surface area contributed by atoms with Gasteiger partial charge in [0.1, 0.15) is 6.10 Å². The van der Waals surface area contributed by atoms with Crippen LogP contribution in [0.3, 0.4) is 0 Å². The first-order valence-electron chi connectivity index (χ1n) is 7.63. The van der Waals surface area contributed by atoms with E-state index in [1.165, 1.54) is 6.92 Å². The number of benzene rings is 1. The van der Waals surface area contributed by atoms with Gasteiger partial charge in [0.05, 0.1) is 12.1 Å². The lowest BCUT2D eigenvalue weighted by Gasteiger charge is -2.43. The number of anilines is 2. The maximum absolute atomic E-state index is 12.1. The summed E-state index contributed by atoms with van der Waals surface area (Å²) in [5.74, 6) is -0.161. The first-order chi connectivity index (χ1) is 11.0. The summed E-state index contributed by atoms with van der Waals surface area (Å²) in [6.07, 6.45) is 0.621. The number of carbonyl (C=O) groups excluding carboxylic acids is 2. The number of urea groups is 1. The fourth-order valence-corrected chi connectivity index (χ4v) is 2.63. The predicted molar refractivity (Wildman–Crippen MR) is 87.5 cm³/mol. The van der Waals surface area contributed by atoms with Crippen molar-refractivity contribution in [3.05, 3.63) is 24.3 Å². The van der Waals surface area contributed by atoms with Crippen LogP contribution in [0.2, 0.25) is 0 Å². The van der Waals surface area contributed by atoms with Crippen molar-refractivity contribution < 1.29 is 19.1 Å². The van der Waals surface area contributed by atoms with E-state index in [9.17, 15) is 9.59 Å². The van der Waals surface area contributed by atoms with E-state index in [2.05, 4.69) is 16.0 Å². The van der Waals surface area contributed by atoms with E-state index in [0.29, 0.717) is 18.0 Å². The van der Waals surface area contributed by atoms with Gasteiger partial charge < -0.3 is 25.4 Å². The molecule has 23 heavy (non-hydrogen) atoms. The molecule has 0 aromatic heterocycles. The van der Waals surface area contributed by atoms with Gasteiger partial charge in [-0.15, -0.1) is 0 Å². The molecule has 0 bridgehead atoms. The summed E-state index contributed by atoms with van der Waals surface area (Å²) in [5, 5.41) is 8.29. The van der Waals surface area contributed by atoms with Gasteiger partial charge >= 0.3 is 6.03 Å². The van der Waals surface area contributed by atoms with Gasteiger partial charge in [-0.1, -0.05) is 6.07 Å². The van der Waals surface area contributed by atoms with Crippen LogP contribution in [-0.2, 0) is 14.3 Å². The molecule has 126 valence electrons. The second kappa shape index (κ2) is 7.94. The minimum Gasteiger partial charge on any atom is -0.377 e. The quantitative estimate of drug-likeness (QED) is 0.747. The molecule has 3 amide bonds. The first-order valence-corrected chi connectivity index (χ1v) is 7.63. The number of hydrogen-bond donors (Lipinski definition) is 3. The average molecular weight is 321 g/mol. The molecule has 0 spiro atoms. The molecular formula is C16H23N3O4. The molecule has 3 N–H and O–H groups in total. The Hall–Kier alpha value is -2.12. The van der Waals surface area contributed by atoms with E-state index in [1.54, 1.807) is 31.4 Å². The smallest absolute Gasteiger partial charge is 0.319 e. The lowest BCUT2D eigenvalue weighted by atomic mass is 9.85. The number of nitrogens with one attached hydrogen (secondary N) is 3. The van der Waals surface area contributed by atoms with Crippen molar-refractivity contribution in [2.75, 3.05) is 24.4 Å². The first kappa shape index (κ1) is 17.2. The highest BCUT2D eigenvalue weighted by Gasteiger charge is 2.42. The second-order valence-corrected chi connectivity index (χ2v) is 5.40. The monoisotopic (exact) mass is 321 g/mol. The van der Waals surface area contributed by atoms with Crippen LogP contribution in [0.5, 0.6) is 0 Å². The third-order valence-corrected chi connectivity index (χ3v) is 3.66. The summed E-state index contributed by atoms with van der Waals surface area (Å²) in [5.41, 5.74) is 1.23. The molecule has 0 saturated heterocycles. The van der Waals surface area contributed by atoms with Gasteiger partial charge in [0.2, 0.25) is 5.91 Å². The summed E-state index contributed by atoms with van der Waals surface area (Å²) >= 11 is 0. The number of carbonyl (C=O) groups is 2. The van der Waals surface area contributed by atoms with Crippen LogP contribution in [0.15, 0.2) is 24.3 Å². The minimum atomic E-state index is -0.313. The van der Waals surface area contributed by atoms with Crippen LogP contribution >= 0.6 is 0 Å². The van der Waals surface area contributed by atoms with Crippen LogP contribution in [0.25, 0.3) is 0 Å². The highest BCUT2D eigenvalue weighted by molar-refractivity contribution is 5.92. The molecule has 1 aliphatic carbocycles. The average Bonchev–Trinajstić information content (AvgIpc) is 2.46. The van der Waals surface area contributed by atoms with Crippen molar-refractivity contribution in [1.29, 1.82) is 0 Å². The van der Waals surface area contributed by atoms with Gasteiger partial charge in [-0.3, -0.25) is 4.79 Å². The molecule has 1 aromatic rings. The van der Waals surface area contributed by atoms with E-state index in [0.717, 1.165) is 6.42 Å². The number of rotatable bonds is 6. The Morgan fingerprint density at radius 3 is 2.57 bits per heavy atom. The standard InChI is InChI=1S/C16H23N3O4/c1-4-23-14-9-13(15(14)22-3)19-16(21)18-12-7-5-6-11(8-12)17-10(2)20/h5-8,13-15H,4,9H2,1-3H3,(H,17,20)(H2,18,19,21)/t13-,14-,15-/m1/s1. The Balaban J connectivity index is 1.87. The van der Waals surface area contributed by atoms with E-state index < -0.39 is 0 Å². The van der Waals surface area contributed by atoms with Crippen molar-refractivity contribution >= 4 is 23.3 Å². The molecule has 1 aromatic carbocycles. The summed E-state index contributed by atoms with van der Waals surface area (Å²) in [6.45, 7) is 3.99. The molecule has 0 aliphatic heterocycles. The molecule has 7 heteroatoms. The second-order valence-electron chi connectivity index (χ2n) is 5.40. The van der Waals surface area contributed by atoms with Crippen LogP contribution in [0, 0.1) is 0 Å². The molecule has 1 saturated carbocycles. The highest BCUT2D eigenvalue weighted by atomic mass is 16.5. The number of ether oxygens (including phenoxy) is 2. The van der Waals surface area contributed by atoms with Gasteiger partial charge in [0, 0.05) is 32.0 Å². The predicted octanol–water partition coefficient (Wildman–Crippen LogP) is 1.96. The molecular weight excluding hydrogens is 298 g/mol. The topological polar surface area (TPSA) is 88.7 Å². The minimum absolute atomic E-state index is 0.0263. The van der Waals surface area contributed by atoms with Crippen LogP contribution < -0.4 is 16.0 Å². The summed E-state index contributed by atoms with van der Waals surface area (Å²) in [4.78, 5) is 23.1. The van der Waals surface area contributed by atoms with Crippen molar-refractivity contribution in [2.45, 2.75) is 38.5 Å².